The lowest BCUT2D eigenvalue weighted by Crippen LogP contribution is -2.45. The van der Waals surface area contributed by atoms with Crippen LogP contribution >= 0.6 is 22.7 Å². The van der Waals surface area contributed by atoms with Crippen LogP contribution in [0.15, 0.2) is 24.3 Å². The molecule has 4 aromatic rings. The second kappa shape index (κ2) is 19.2. The Morgan fingerprint density at radius 1 is 0.611 bits per heavy atom. The first-order valence-electron chi connectivity index (χ1n) is 19.0. The Kier molecular flexibility index (Phi) is 14.0. The summed E-state index contributed by atoms with van der Waals surface area (Å²) in [4.78, 5) is 38.8. The fourth-order valence-corrected chi connectivity index (χ4v) is 8.79. The number of urea groups is 2. The van der Waals surface area contributed by atoms with Gasteiger partial charge in [0.05, 0.1) is 48.9 Å². The Balaban J connectivity index is 0.771. The topological polar surface area (TPSA) is 151 Å². The van der Waals surface area contributed by atoms with Crippen molar-refractivity contribution < 1.29 is 28.5 Å². The van der Waals surface area contributed by atoms with Crippen LogP contribution in [0.1, 0.15) is 51.4 Å². The fraction of sp³-hybridized carbons (Fsp3) is 0.579. The van der Waals surface area contributed by atoms with E-state index in [1.807, 2.05) is 34.1 Å². The fourth-order valence-electron chi connectivity index (χ4n) is 7.02. The smallest absolute Gasteiger partial charge is 0.317 e. The number of fused-ring (bicyclic) bond motifs is 2. The van der Waals surface area contributed by atoms with Gasteiger partial charge < -0.3 is 50.0 Å². The van der Waals surface area contributed by atoms with Crippen molar-refractivity contribution in [3.63, 3.8) is 0 Å². The van der Waals surface area contributed by atoms with Crippen molar-refractivity contribution >= 4 is 65.4 Å². The summed E-state index contributed by atoms with van der Waals surface area (Å²) in [5.41, 5.74) is 1.77. The standard InChI is InChI=1S/C38H54N8O6S2/c1-49-29-19-27-33(21-31(29)51-3)53-35(43-27)41-23-25-9-15-45(16-10-25)37(47)39-13-7-5-6-8-14-40-38(48)46-17-11-26(12-18-46)24-42-36-44-28-20-30(50-2)32(52-4)22-34(28)54-36/h19-22,25-26H,5-18,23-24H2,1-4H3,(H,39,47)(H,40,48)(H,41,43)(H,42,44). The van der Waals surface area contributed by atoms with Crippen molar-refractivity contribution in [3.8, 4) is 23.0 Å². The highest BCUT2D eigenvalue weighted by molar-refractivity contribution is 7.22. The number of carbonyl (C=O) groups is 2. The van der Waals surface area contributed by atoms with Gasteiger partial charge in [0, 0.05) is 76.6 Å². The molecule has 2 saturated heterocycles. The van der Waals surface area contributed by atoms with E-state index in [1.165, 1.54) is 0 Å². The molecule has 0 aliphatic carbocycles. The first-order valence-corrected chi connectivity index (χ1v) is 20.6. The van der Waals surface area contributed by atoms with Gasteiger partial charge in [-0.05, 0) is 50.4 Å². The minimum atomic E-state index is 0.0288. The Bertz CT molecular complexity index is 1620. The lowest BCUT2D eigenvalue weighted by atomic mass is 9.97. The number of carbonyl (C=O) groups excluding carboxylic acids is 2. The second-order valence-corrected chi connectivity index (χ2v) is 15.9. The molecule has 2 aromatic heterocycles. The van der Waals surface area contributed by atoms with Gasteiger partial charge in [0.1, 0.15) is 0 Å². The molecule has 14 nitrogen and oxygen atoms in total. The quantitative estimate of drug-likeness (QED) is 0.0836. The largest absolute Gasteiger partial charge is 0.493 e. The number of amides is 4. The Hall–Kier alpha value is -4.44. The first-order chi connectivity index (χ1) is 26.4. The molecule has 294 valence electrons. The van der Waals surface area contributed by atoms with Crippen molar-refractivity contribution in [1.29, 1.82) is 0 Å². The third kappa shape index (κ3) is 10.2. The Morgan fingerprint density at radius 3 is 1.35 bits per heavy atom. The number of nitrogens with zero attached hydrogens (tertiary/aromatic N) is 4. The SMILES string of the molecule is COc1cc2nc(NCC3CCN(C(=O)NCCCCCCNC(=O)N4CCC(CNc5nc6cc(OC)c(OC)cc6s5)CC4)CC3)sc2cc1OC. The number of ether oxygens (including phenoxy) is 4. The van der Waals surface area contributed by atoms with Gasteiger partial charge in [-0.15, -0.1) is 0 Å². The van der Waals surface area contributed by atoms with E-state index in [0.29, 0.717) is 47.9 Å². The van der Waals surface area contributed by atoms with Crippen LogP contribution in [-0.4, -0.2) is 113 Å². The number of anilines is 2. The average molecular weight is 783 g/mol. The first kappa shape index (κ1) is 39.3. The normalized spacial score (nSPS) is 15.3. The maximum absolute atomic E-state index is 12.7. The number of nitrogens with one attached hydrogen (secondary N) is 4. The van der Waals surface area contributed by atoms with Gasteiger partial charge in [-0.1, -0.05) is 35.5 Å². The molecule has 2 fully saturated rings. The zero-order chi connectivity index (χ0) is 37.9. The highest BCUT2D eigenvalue weighted by Gasteiger charge is 2.24. The molecule has 4 N–H and O–H groups in total. The van der Waals surface area contributed by atoms with E-state index in [4.69, 9.17) is 28.9 Å². The van der Waals surface area contributed by atoms with E-state index in [-0.39, 0.29) is 12.1 Å². The van der Waals surface area contributed by atoms with Crippen LogP contribution in [0.25, 0.3) is 20.4 Å². The van der Waals surface area contributed by atoms with E-state index < -0.39 is 0 Å². The zero-order valence-corrected chi connectivity index (χ0v) is 33.5. The van der Waals surface area contributed by atoms with Gasteiger partial charge in [0.15, 0.2) is 33.3 Å². The van der Waals surface area contributed by atoms with E-state index in [2.05, 4.69) is 21.3 Å². The lowest BCUT2D eigenvalue weighted by molar-refractivity contribution is 0.171. The molecule has 54 heavy (non-hydrogen) atoms. The zero-order valence-electron chi connectivity index (χ0n) is 31.8. The number of benzene rings is 2. The maximum Gasteiger partial charge on any atom is 0.317 e. The summed E-state index contributed by atoms with van der Waals surface area (Å²) >= 11 is 3.21. The van der Waals surface area contributed by atoms with Crippen molar-refractivity contribution in [2.24, 2.45) is 11.8 Å². The minimum Gasteiger partial charge on any atom is -0.493 e. The number of piperidine rings is 2. The summed E-state index contributed by atoms with van der Waals surface area (Å²) in [6.45, 7) is 6.06. The number of rotatable bonds is 17. The van der Waals surface area contributed by atoms with E-state index in [1.54, 1.807) is 51.1 Å². The van der Waals surface area contributed by atoms with Crippen molar-refractivity contribution in [2.45, 2.75) is 51.4 Å². The molecule has 6 rings (SSSR count). The molecule has 2 aliphatic rings. The van der Waals surface area contributed by atoms with Gasteiger partial charge in [0.25, 0.3) is 0 Å². The predicted molar refractivity (Wildman–Crippen MR) is 216 cm³/mol. The van der Waals surface area contributed by atoms with Crippen molar-refractivity contribution in [1.82, 2.24) is 30.4 Å². The van der Waals surface area contributed by atoms with E-state index in [9.17, 15) is 9.59 Å². The van der Waals surface area contributed by atoms with E-state index >= 15 is 0 Å². The average Bonchev–Trinajstić information content (AvgIpc) is 3.81. The number of hydrogen-bond donors (Lipinski definition) is 4. The van der Waals surface area contributed by atoms with Crippen LogP contribution in [0.2, 0.25) is 0 Å². The van der Waals surface area contributed by atoms with Gasteiger partial charge in [-0.3, -0.25) is 0 Å². The second-order valence-electron chi connectivity index (χ2n) is 13.9. The Morgan fingerprint density at radius 2 is 0.981 bits per heavy atom. The summed E-state index contributed by atoms with van der Waals surface area (Å²) in [5.74, 6) is 3.74. The van der Waals surface area contributed by atoms with Crippen LogP contribution in [0, 0.1) is 11.8 Å². The number of unbranched alkanes of at least 4 members (excludes halogenated alkanes) is 3. The molecule has 0 saturated carbocycles. The highest BCUT2D eigenvalue weighted by atomic mass is 32.1. The van der Waals surface area contributed by atoms with Gasteiger partial charge in [0.2, 0.25) is 0 Å². The highest BCUT2D eigenvalue weighted by Crippen LogP contribution is 2.37. The van der Waals surface area contributed by atoms with Crippen LogP contribution in [0.5, 0.6) is 23.0 Å². The molecule has 0 unspecified atom stereocenters. The minimum absolute atomic E-state index is 0.0288. The number of likely N-dealkylation sites (tertiary alicyclic amines) is 2. The summed E-state index contributed by atoms with van der Waals surface area (Å²) in [5, 5.41) is 15.0. The molecular formula is C38H54N8O6S2. The molecule has 0 atom stereocenters. The molecule has 4 heterocycles. The van der Waals surface area contributed by atoms with Crippen molar-refractivity contribution in [3.05, 3.63) is 24.3 Å². The summed E-state index contributed by atoms with van der Waals surface area (Å²) < 4.78 is 23.7. The predicted octanol–water partition coefficient (Wildman–Crippen LogP) is 6.87. The number of methoxy groups -OCH3 is 4. The molecule has 0 bridgehead atoms. The van der Waals surface area contributed by atoms with Crippen LogP contribution in [0.4, 0.5) is 19.9 Å². The molecule has 2 aromatic carbocycles. The third-order valence-corrected chi connectivity index (χ3v) is 12.3. The third-order valence-electron chi connectivity index (χ3n) is 10.3. The number of thiazole rings is 2. The molecular weight excluding hydrogens is 729 g/mol. The van der Waals surface area contributed by atoms with Crippen LogP contribution < -0.4 is 40.2 Å². The van der Waals surface area contributed by atoms with E-state index in [0.717, 1.165) is 121 Å². The van der Waals surface area contributed by atoms with Gasteiger partial charge in [-0.25, -0.2) is 19.6 Å². The molecule has 0 radical (unpaired) electrons. The summed E-state index contributed by atoms with van der Waals surface area (Å²) in [7, 11) is 6.53. The van der Waals surface area contributed by atoms with Gasteiger partial charge in [-0.2, -0.15) is 0 Å². The Labute approximate surface area is 325 Å². The number of aromatic nitrogens is 2. The monoisotopic (exact) mass is 782 g/mol. The molecule has 16 heteroatoms. The lowest BCUT2D eigenvalue weighted by Gasteiger charge is -2.32. The summed E-state index contributed by atoms with van der Waals surface area (Å²) in [6, 6.07) is 7.79. The van der Waals surface area contributed by atoms with Crippen LogP contribution in [0.3, 0.4) is 0 Å². The molecule has 2 aliphatic heterocycles. The maximum atomic E-state index is 12.7. The molecule has 4 amide bonds. The van der Waals surface area contributed by atoms with Crippen molar-refractivity contribution in [2.75, 3.05) is 91.4 Å². The van der Waals surface area contributed by atoms with Crippen LogP contribution in [-0.2, 0) is 0 Å². The summed E-state index contributed by atoms with van der Waals surface area (Å²) in [6.07, 6.45) is 7.76. The molecule has 0 spiro atoms. The number of hydrogen-bond acceptors (Lipinski definition) is 12. The van der Waals surface area contributed by atoms with Gasteiger partial charge >= 0.3 is 12.1 Å².